The fourth-order valence-electron chi connectivity index (χ4n) is 1.37. The first-order valence-corrected chi connectivity index (χ1v) is 6.75. The molecule has 0 saturated heterocycles. The summed E-state index contributed by atoms with van der Waals surface area (Å²) in [4.78, 5) is 22.6. The lowest BCUT2D eigenvalue weighted by Gasteiger charge is -2.12. The fraction of sp³-hybridized carbons (Fsp3) is 0.615. The minimum absolute atomic E-state index is 0.174. The Morgan fingerprint density at radius 1 is 1.29 bits per heavy atom. The zero-order chi connectivity index (χ0) is 15.9. The summed E-state index contributed by atoms with van der Waals surface area (Å²) in [6.45, 7) is 8.53. The van der Waals surface area contributed by atoms with Gasteiger partial charge in [0.05, 0.1) is 6.61 Å². The molecule has 0 aliphatic carbocycles. The molecule has 0 bridgehead atoms. The van der Waals surface area contributed by atoms with Gasteiger partial charge < -0.3 is 19.9 Å². The van der Waals surface area contributed by atoms with Crippen LogP contribution in [0.1, 0.15) is 33.5 Å². The Labute approximate surface area is 123 Å². The highest BCUT2D eigenvalue weighted by atomic mass is 16.5. The van der Waals surface area contributed by atoms with Gasteiger partial charge in [-0.2, -0.15) is 0 Å². The molecule has 3 N–H and O–H groups in total. The quantitative estimate of drug-likeness (QED) is 0.719. The summed E-state index contributed by atoms with van der Waals surface area (Å²) in [5.74, 6) is 1.03. The number of carbonyl (C=O) groups is 2. The fourth-order valence-corrected chi connectivity index (χ4v) is 1.37. The molecular formula is C13H22N4O4. The first kappa shape index (κ1) is 16.8. The molecule has 1 heterocycles. The maximum atomic E-state index is 11.6. The van der Waals surface area contributed by atoms with Crippen molar-refractivity contribution in [3.05, 3.63) is 11.8 Å². The van der Waals surface area contributed by atoms with E-state index in [4.69, 9.17) is 4.52 Å². The molecule has 1 aromatic rings. The first-order valence-electron chi connectivity index (χ1n) is 6.75. The second-order valence-electron chi connectivity index (χ2n) is 5.35. The third kappa shape index (κ3) is 6.15. The van der Waals surface area contributed by atoms with E-state index in [1.54, 1.807) is 13.0 Å². The van der Waals surface area contributed by atoms with Gasteiger partial charge in [-0.15, -0.1) is 0 Å². The van der Waals surface area contributed by atoms with Crippen LogP contribution in [0.4, 0.5) is 15.4 Å². The van der Waals surface area contributed by atoms with Crippen LogP contribution in [-0.4, -0.2) is 37.0 Å². The SMILES string of the molecule is CCOC(=O)NCCNC(=O)Nc1cc(C(C)(C)C)on1. The van der Waals surface area contributed by atoms with Gasteiger partial charge >= 0.3 is 12.1 Å². The highest BCUT2D eigenvalue weighted by Crippen LogP contribution is 2.24. The van der Waals surface area contributed by atoms with Crippen molar-refractivity contribution >= 4 is 17.9 Å². The van der Waals surface area contributed by atoms with Crippen LogP contribution in [0.5, 0.6) is 0 Å². The average molecular weight is 298 g/mol. The van der Waals surface area contributed by atoms with Gasteiger partial charge in [-0.05, 0) is 6.92 Å². The third-order valence-corrected chi connectivity index (χ3v) is 2.45. The minimum atomic E-state index is -0.508. The number of aromatic nitrogens is 1. The van der Waals surface area contributed by atoms with E-state index in [0.29, 0.717) is 18.2 Å². The number of urea groups is 1. The maximum Gasteiger partial charge on any atom is 0.407 e. The van der Waals surface area contributed by atoms with Gasteiger partial charge in [0, 0.05) is 24.6 Å². The molecule has 0 unspecified atom stereocenters. The van der Waals surface area contributed by atoms with Crippen LogP contribution in [-0.2, 0) is 10.2 Å². The van der Waals surface area contributed by atoms with E-state index in [9.17, 15) is 9.59 Å². The number of alkyl carbamates (subject to hydrolysis) is 1. The summed E-state index contributed by atoms with van der Waals surface area (Å²) in [5.41, 5.74) is -0.174. The number of nitrogens with zero attached hydrogens (tertiary/aromatic N) is 1. The van der Waals surface area contributed by atoms with Crippen molar-refractivity contribution in [2.24, 2.45) is 0 Å². The molecule has 1 aromatic heterocycles. The Hall–Kier alpha value is -2.25. The number of carbonyl (C=O) groups excluding carboxylic acids is 2. The molecular weight excluding hydrogens is 276 g/mol. The van der Waals surface area contributed by atoms with Crippen molar-refractivity contribution in [2.45, 2.75) is 33.1 Å². The second-order valence-corrected chi connectivity index (χ2v) is 5.35. The van der Waals surface area contributed by atoms with Gasteiger partial charge in [0.2, 0.25) is 0 Å². The smallest absolute Gasteiger partial charge is 0.407 e. The number of anilines is 1. The van der Waals surface area contributed by atoms with Crippen molar-refractivity contribution in [3.8, 4) is 0 Å². The number of amides is 3. The maximum absolute atomic E-state index is 11.6. The van der Waals surface area contributed by atoms with Crippen LogP contribution in [0, 0.1) is 0 Å². The predicted octanol–water partition coefficient (Wildman–Crippen LogP) is 1.84. The summed E-state index contributed by atoms with van der Waals surface area (Å²) in [6.07, 6.45) is -0.508. The van der Waals surface area contributed by atoms with Gasteiger partial charge in [-0.25, -0.2) is 9.59 Å². The lowest BCUT2D eigenvalue weighted by atomic mass is 9.93. The molecule has 8 heteroatoms. The average Bonchev–Trinajstić information content (AvgIpc) is 2.83. The minimum Gasteiger partial charge on any atom is -0.450 e. The molecule has 118 valence electrons. The van der Waals surface area contributed by atoms with Crippen molar-refractivity contribution < 1.29 is 18.8 Å². The van der Waals surface area contributed by atoms with E-state index in [2.05, 4.69) is 25.8 Å². The molecule has 0 radical (unpaired) electrons. The molecule has 0 atom stereocenters. The Bertz CT molecular complexity index is 479. The zero-order valence-corrected chi connectivity index (χ0v) is 12.8. The molecule has 8 nitrogen and oxygen atoms in total. The monoisotopic (exact) mass is 298 g/mol. The lowest BCUT2D eigenvalue weighted by molar-refractivity contribution is 0.152. The standard InChI is InChI=1S/C13H22N4O4/c1-5-20-12(19)15-7-6-14-11(18)16-10-8-9(21-17-10)13(2,3)4/h8H,5-7H2,1-4H3,(H,15,19)(H2,14,16,17,18). The highest BCUT2D eigenvalue weighted by molar-refractivity contribution is 5.88. The van der Waals surface area contributed by atoms with Crippen molar-refractivity contribution in [1.82, 2.24) is 15.8 Å². The number of hydrogen-bond donors (Lipinski definition) is 3. The Morgan fingerprint density at radius 3 is 2.52 bits per heavy atom. The normalized spacial score (nSPS) is 10.9. The van der Waals surface area contributed by atoms with Crippen molar-refractivity contribution in [3.63, 3.8) is 0 Å². The van der Waals surface area contributed by atoms with Crippen LogP contribution < -0.4 is 16.0 Å². The zero-order valence-electron chi connectivity index (χ0n) is 12.8. The van der Waals surface area contributed by atoms with Crippen LogP contribution >= 0.6 is 0 Å². The summed E-state index contributed by atoms with van der Waals surface area (Å²) in [5, 5.41) is 11.4. The largest absolute Gasteiger partial charge is 0.450 e. The number of ether oxygens (including phenoxy) is 1. The summed E-state index contributed by atoms with van der Waals surface area (Å²) in [6, 6.07) is 1.26. The van der Waals surface area contributed by atoms with E-state index in [1.165, 1.54) is 0 Å². The Balaban J connectivity index is 2.28. The Morgan fingerprint density at radius 2 is 1.95 bits per heavy atom. The molecule has 21 heavy (non-hydrogen) atoms. The van der Waals surface area contributed by atoms with E-state index in [1.807, 2.05) is 20.8 Å². The highest BCUT2D eigenvalue weighted by Gasteiger charge is 2.20. The molecule has 0 saturated carbocycles. The molecule has 0 fully saturated rings. The van der Waals surface area contributed by atoms with E-state index in [0.717, 1.165) is 0 Å². The molecule has 0 aromatic carbocycles. The third-order valence-electron chi connectivity index (χ3n) is 2.45. The number of rotatable bonds is 5. The second kappa shape index (κ2) is 7.51. The van der Waals surface area contributed by atoms with Gasteiger partial charge in [0.15, 0.2) is 5.82 Å². The summed E-state index contributed by atoms with van der Waals surface area (Å²) < 4.78 is 9.83. The summed E-state index contributed by atoms with van der Waals surface area (Å²) >= 11 is 0. The van der Waals surface area contributed by atoms with Crippen LogP contribution in [0.25, 0.3) is 0 Å². The van der Waals surface area contributed by atoms with Crippen LogP contribution in [0.15, 0.2) is 10.6 Å². The number of nitrogens with one attached hydrogen (secondary N) is 3. The van der Waals surface area contributed by atoms with E-state index >= 15 is 0 Å². The van der Waals surface area contributed by atoms with Crippen LogP contribution in [0.2, 0.25) is 0 Å². The van der Waals surface area contributed by atoms with E-state index < -0.39 is 12.1 Å². The van der Waals surface area contributed by atoms with Gasteiger partial charge in [0.25, 0.3) is 0 Å². The predicted molar refractivity (Wildman–Crippen MR) is 77.2 cm³/mol. The molecule has 0 spiro atoms. The lowest BCUT2D eigenvalue weighted by Crippen LogP contribution is -2.37. The van der Waals surface area contributed by atoms with Gasteiger partial charge in [-0.1, -0.05) is 25.9 Å². The van der Waals surface area contributed by atoms with Crippen molar-refractivity contribution in [1.29, 1.82) is 0 Å². The van der Waals surface area contributed by atoms with Crippen molar-refractivity contribution in [2.75, 3.05) is 25.0 Å². The topological polar surface area (TPSA) is 105 Å². The molecule has 0 aliphatic rings. The first-order chi connectivity index (χ1) is 9.82. The molecule has 1 rings (SSSR count). The van der Waals surface area contributed by atoms with Gasteiger partial charge in [0.1, 0.15) is 5.76 Å². The number of hydrogen-bond acceptors (Lipinski definition) is 5. The Kier molecular flexibility index (Phi) is 6.01. The molecule has 3 amide bonds. The van der Waals surface area contributed by atoms with Gasteiger partial charge in [-0.3, -0.25) is 5.32 Å². The van der Waals surface area contributed by atoms with E-state index in [-0.39, 0.29) is 18.5 Å². The molecule has 0 aliphatic heterocycles. The van der Waals surface area contributed by atoms with Crippen LogP contribution in [0.3, 0.4) is 0 Å². The summed E-state index contributed by atoms with van der Waals surface area (Å²) in [7, 11) is 0.